The summed E-state index contributed by atoms with van der Waals surface area (Å²) in [6.07, 6.45) is 0. The molecule has 94 valence electrons. The van der Waals surface area contributed by atoms with Crippen LogP contribution in [0.3, 0.4) is 0 Å². The van der Waals surface area contributed by atoms with Crippen LogP contribution in [-0.2, 0) is 4.79 Å². The highest BCUT2D eigenvalue weighted by molar-refractivity contribution is 5.78. The summed E-state index contributed by atoms with van der Waals surface area (Å²) >= 11 is 0. The topological polar surface area (TPSA) is 73.6 Å². The molecular weight excluding hydrogens is 232 g/mol. The van der Waals surface area contributed by atoms with Gasteiger partial charge in [0, 0.05) is 0 Å². The highest BCUT2D eigenvalue weighted by atomic mass is 16.5. The first-order valence-electron chi connectivity index (χ1n) is 5.63. The van der Waals surface area contributed by atoms with Gasteiger partial charge in [-0.25, -0.2) is 0 Å². The van der Waals surface area contributed by atoms with Crippen molar-refractivity contribution in [2.75, 3.05) is 19.7 Å². The van der Waals surface area contributed by atoms with Crippen LogP contribution in [0.5, 0.6) is 5.75 Å². The van der Waals surface area contributed by atoms with Crippen LogP contribution in [0.2, 0.25) is 0 Å². The molecule has 1 saturated heterocycles. The molecule has 0 unspecified atom stereocenters. The average Bonchev–Trinajstić information content (AvgIpc) is 2.33. The number of hydrogen-bond donors (Lipinski definition) is 1. The van der Waals surface area contributed by atoms with Crippen molar-refractivity contribution >= 4 is 5.91 Å². The predicted molar refractivity (Wildman–Crippen MR) is 63.9 cm³/mol. The third kappa shape index (κ3) is 2.79. The van der Waals surface area contributed by atoms with Crippen molar-refractivity contribution in [1.82, 2.24) is 4.90 Å². The summed E-state index contributed by atoms with van der Waals surface area (Å²) in [7, 11) is 0. The number of likely N-dealkylation sites (tertiary alicyclic amines) is 1. The Balaban J connectivity index is 1.81. The number of aliphatic hydroxyl groups is 1. The van der Waals surface area contributed by atoms with Crippen molar-refractivity contribution in [3.05, 3.63) is 29.8 Å². The quantitative estimate of drug-likeness (QED) is 0.844. The summed E-state index contributed by atoms with van der Waals surface area (Å²) in [5.41, 5.74) is -0.211. The Morgan fingerprint density at radius 1 is 1.50 bits per heavy atom. The molecule has 0 radical (unpaired) electrons. The number of β-amino-alcohol motifs (C(OH)–C–C–N with tert-alkyl or cyclic N) is 1. The zero-order chi connectivity index (χ0) is 13.2. The summed E-state index contributed by atoms with van der Waals surface area (Å²) in [4.78, 5) is 13.2. The lowest BCUT2D eigenvalue weighted by molar-refractivity contribution is -0.154. The van der Waals surface area contributed by atoms with Crippen LogP contribution in [0.15, 0.2) is 24.3 Å². The maximum Gasteiger partial charge on any atom is 0.260 e. The fraction of sp³-hybridized carbons (Fsp3) is 0.385. The molecule has 0 spiro atoms. The van der Waals surface area contributed by atoms with Gasteiger partial charge in [-0.05, 0) is 31.2 Å². The maximum atomic E-state index is 11.6. The minimum atomic E-state index is -0.760. The van der Waals surface area contributed by atoms with Gasteiger partial charge in [0.2, 0.25) is 0 Å². The normalized spacial score (nSPS) is 16.6. The van der Waals surface area contributed by atoms with E-state index in [9.17, 15) is 9.90 Å². The van der Waals surface area contributed by atoms with E-state index < -0.39 is 5.60 Å². The summed E-state index contributed by atoms with van der Waals surface area (Å²) in [6.45, 7) is 2.34. The maximum absolute atomic E-state index is 11.6. The van der Waals surface area contributed by atoms with Gasteiger partial charge >= 0.3 is 0 Å². The Kier molecular flexibility index (Phi) is 3.21. The zero-order valence-electron chi connectivity index (χ0n) is 10.1. The number of nitrogens with zero attached hydrogens (tertiary/aromatic N) is 2. The van der Waals surface area contributed by atoms with Gasteiger partial charge in [-0.1, -0.05) is 0 Å². The summed E-state index contributed by atoms with van der Waals surface area (Å²) in [5, 5.41) is 18.1. The van der Waals surface area contributed by atoms with Crippen molar-refractivity contribution < 1.29 is 14.6 Å². The highest BCUT2D eigenvalue weighted by Gasteiger charge is 2.39. The van der Waals surface area contributed by atoms with E-state index in [4.69, 9.17) is 10.00 Å². The van der Waals surface area contributed by atoms with E-state index >= 15 is 0 Å². The van der Waals surface area contributed by atoms with Crippen LogP contribution in [0.25, 0.3) is 0 Å². The van der Waals surface area contributed by atoms with E-state index in [0.717, 1.165) is 0 Å². The molecule has 1 N–H and O–H groups in total. The number of carbonyl (C=O) groups is 1. The Bertz CT molecular complexity index is 480. The molecule has 2 rings (SSSR count). The molecule has 0 bridgehead atoms. The van der Waals surface area contributed by atoms with Crippen LogP contribution < -0.4 is 4.74 Å². The number of hydrogen-bond acceptors (Lipinski definition) is 4. The molecule has 1 aliphatic rings. The zero-order valence-corrected chi connectivity index (χ0v) is 10.1. The molecule has 1 aliphatic heterocycles. The minimum Gasteiger partial charge on any atom is -0.484 e. The number of carbonyl (C=O) groups excluding carboxylic acids is 1. The summed E-state index contributed by atoms with van der Waals surface area (Å²) in [5.74, 6) is 0.403. The third-order valence-corrected chi connectivity index (χ3v) is 2.76. The Morgan fingerprint density at radius 3 is 2.61 bits per heavy atom. The lowest BCUT2D eigenvalue weighted by Crippen LogP contribution is -2.62. The fourth-order valence-corrected chi connectivity index (χ4v) is 1.81. The second-order valence-electron chi connectivity index (χ2n) is 4.67. The van der Waals surface area contributed by atoms with Crippen molar-refractivity contribution in [3.63, 3.8) is 0 Å². The average molecular weight is 246 g/mol. The van der Waals surface area contributed by atoms with E-state index in [1.807, 2.05) is 6.07 Å². The monoisotopic (exact) mass is 246 g/mol. The van der Waals surface area contributed by atoms with E-state index in [1.165, 1.54) is 0 Å². The fourth-order valence-electron chi connectivity index (χ4n) is 1.81. The lowest BCUT2D eigenvalue weighted by Gasteiger charge is -2.43. The van der Waals surface area contributed by atoms with Gasteiger partial charge in [0.15, 0.2) is 6.61 Å². The molecule has 0 aliphatic carbocycles. The molecule has 0 atom stereocenters. The van der Waals surface area contributed by atoms with Gasteiger partial charge in [-0.2, -0.15) is 5.26 Å². The van der Waals surface area contributed by atoms with Crippen LogP contribution in [-0.4, -0.2) is 41.2 Å². The van der Waals surface area contributed by atoms with Gasteiger partial charge in [-0.3, -0.25) is 4.79 Å². The lowest BCUT2D eigenvalue weighted by atomic mass is 9.97. The van der Waals surface area contributed by atoms with Gasteiger partial charge in [0.25, 0.3) is 5.91 Å². The van der Waals surface area contributed by atoms with Gasteiger partial charge in [0.05, 0.1) is 30.3 Å². The SMILES string of the molecule is CC1(O)CN(C(=O)COc2ccc(C#N)cc2)C1. The van der Waals surface area contributed by atoms with Gasteiger partial charge < -0.3 is 14.7 Å². The van der Waals surface area contributed by atoms with Crippen molar-refractivity contribution in [2.24, 2.45) is 0 Å². The molecule has 1 aromatic rings. The Morgan fingerprint density at radius 2 is 2.11 bits per heavy atom. The summed E-state index contributed by atoms with van der Waals surface area (Å²) < 4.78 is 5.31. The molecule has 1 heterocycles. The van der Waals surface area contributed by atoms with E-state index in [0.29, 0.717) is 24.4 Å². The first kappa shape index (κ1) is 12.4. The molecule has 1 aromatic carbocycles. The molecule has 1 amide bonds. The molecule has 5 nitrogen and oxygen atoms in total. The third-order valence-electron chi connectivity index (χ3n) is 2.76. The number of rotatable bonds is 3. The first-order chi connectivity index (χ1) is 8.50. The second kappa shape index (κ2) is 4.67. The standard InChI is InChI=1S/C13H14N2O3/c1-13(17)8-15(9-13)12(16)7-18-11-4-2-10(6-14)3-5-11/h2-5,17H,7-9H2,1H3. The van der Waals surface area contributed by atoms with E-state index in [1.54, 1.807) is 36.1 Å². The van der Waals surface area contributed by atoms with Gasteiger partial charge in [0.1, 0.15) is 5.75 Å². The molecule has 5 heteroatoms. The summed E-state index contributed by atoms with van der Waals surface area (Å²) in [6, 6.07) is 8.57. The Labute approximate surface area is 105 Å². The van der Waals surface area contributed by atoms with Crippen molar-refractivity contribution in [1.29, 1.82) is 5.26 Å². The largest absolute Gasteiger partial charge is 0.484 e. The molecule has 0 aromatic heterocycles. The minimum absolute atomic E-state index is 0.0536. The van der Waals surface area contributed by atoms with Gasteiger partial charge in [-0.15, -0.1) is 0 Å². The van der Waals surface area contributed by atoms with Crippen molar-refractivity contribution in [3.8, 4) is 11.8 Å². The molecule has 0 saturated carbocycles. The second-order valence-corrected chi connectivity index (χ2v) is 4.67. The Hall–Kier alpha value is -2.06. The number of ether oxygens (including phenoxy) is 1. The first-order valence-corrected chi connectivity index (χ1v) is 5.63. The van der Waals surface area contributed by atoms with E-state index in [2.05, 4.69) is 0 Å². The molecule has 18 heavy (non-hydrogen) atoms. The van der Waals surface area contributed by atoms with E-state index in [-0.39, 0.29) is 12.5 Å². The van der Waals surface area contributed by atoms with Crippen LogP contribution in [0.4, 0.5) is 0 Å². The van der Waals surface area contributed by atoms with Crippen LogP contribution in [0.1, 0.15) is 12.5 Å². The highest BCUT2D eigenvalue weighted by Crippen LogP contribution is 2.20. The number of nitriles is 1. The van der Waals surface area contributed by atoms with Crippen LogP contribution in [0, 0.1) is 11.3 Å². The number of benzene rings is 1. The number of amides is 1. The smallest absolute Gasteiger partial charge is 0.260 e. The van der Waals surface area contributed by atoms with Crippen LogP contribution >= 0.6 is 0 Å². The van der Waals surface area contributed by atoms with Crippen molar-refractivity contribution in [2.45, 2.75) is 12.5 Å². The predicted octanol–water partition coefficient (Wildman–Crippen LogP) is 0.530. The molecular formula is C13H14N2O3. The molecule has 1 fully saturated rings.